The quantitative estimate of drug-likeness (QED) is 0.443. The third-order valence-electron chi connectivity index (χ3n) is 6.22. The molecule has 0 radical (unpaired) electrons. The first-order valence-corrected chi connectivity index (χ1v) is 11.3. The van der Waals surface area contributed by atoms with E-state index in [0.717, 1.165) is 24.1 Å². The number of nitrogens with zero attached hydrogens (tertiary/aromatic N) is 2. The van der Waals surface area contributed by atoms with Crippen LogP contribution in [0.15, 0.2) is 48.5 Å². The Balaban J connectivity index is 1.37. The summed E-state index contributed by atoms with van der Waals surface area (Å²) in [6.45, 7) is 3.88. The van der Waals surface area contributed by atoms with E-state index in [-0.39, 0.29) is 5.91 Å². The number of nitrogens with one attached hydrogen (secondary N) is 1. The average Bonchev–Trinajstić information content (AvgIpc) is 3.34. The summed E-state index contributed by atoms with van der Waals surface area (Å²) in [5.41, 5.74) is 5.26. The predicted octanol–water partition coefficient (Wildman–Crippen LogP) is 3.18. The van der Waals surface area contributed by atoms with Crippen LogP contribution in [-0.4, -0.2) is 52.5 Å². The van der Waals surface area contributed by atoms with Crippen LogP contribution in [0.2, 0.25) is 0 Å². The minimum atomic E-state index is -0.621. The van der Waals surface area contributed by atoms with E-state index in [1.165, 1.54) is 42.8 Å². The van der Waals surface area contributed by atoms with Gasteiger partial charge in [0.25, 0.3) is 11.8 Å². The number of likely N-dealkylation sites (tertiary alicyclic amines) is 2. The van der Waals surface area contributed by atoms with Crippen LogP contribution < -0.4 is 5.48 Å². The summed E-state index contributed by atoms with van der Waals surface area (Å²) in [4.78, 5) is 28.6. The van der Waals surface area contributed by atoms with Gasteiger partial charge in [-0.1, -0.05) is 30.4 Å². The van der Waals surface area contributed by atoms with E-state index in [2.05, 4.69) is 41.0 Å². The molecule has 2 aromatic rings. The number of amides is 2. The maximum Gasteiger partial charge on any atom is 0.266 e. The molecule has 0 spiro atoms. The maximum atomic E-state index is 12.8. The van der Waals surface area contributed by atoms with Crippen molar-refractivity contribution < 1.29 is 14.8 Å². The van der Waals surface area contributed by atoms with Crippen molar-refractivity contribution in [3.63, 3.8) is 0 Å². The molecule has 6 heteroatoms. The van der Waals surface area contributed by atoms with Gasteiger partial charge in [0.15, 0.2) is 0 Å². The van der Waals surface area contributed by atoms with E-state index in [1.54, 1.807) is 17.6 Å². The lowest BCUT2D eigenvalue weighted by Gasteiger charge is -2.26. The largest absolute Gasteiger partial charge is 0.327 e. The van der Waals surface area contributed by atoms with E-state index >= 15 is 0 Å². The van der Waals surface area contributed by atoms with Gasteiger partial charge in [0.1, 0.15) is 6.04 Å². The SMILES string of the molecule is O=C(NO)[C@@H]1CCCN1C(=O)c1ccc(C#Cc2ccc(CN3CCCCC3)cc2)cc1. The lowest BCUT2D eigenvalue weighted by atomic mass is 10.1. The monoisotopic (exact) mass is 431 g/mol. The van der Waals surface area contributed by atoms with Crippen LogP contribution in [0.4, 0.5) is 0 Å². The first-order chi connectivity index (χ1) is 15.6. The molecule has 0 bridgehead atoms. The standard InChI is InChI=1S/C26H29N3O3/c30-25(27-32)24-5-4-18-29(24)26(31)23-14-12-21(13-15-23)7-6-20-8-10-22(11-9-20)19-28-16-2-1-3-17-28/h8-15,24,32H,1-5,16-19H2,(H,27,30)/t24-/m0/s1. The number of hydrogen-bond donors (Lipinski definition) is 2. The van der Waals surface area contributed by atoms with E-state index in [1.807, 2.05) is 12.1 Å². The van der Waals surface area contributed by atoms with Gasteiger partial charge < -0.3 is 4.90 Å². The van der Waals surface area contributed by atoms with E-state index in [4.69, 9.17) is 5.21 Å². The fourth-order valence-corrected chi connectivity index (χ4v) is 4.43. The van der Waals surface area contributed by atoms with Crippen LogP contribution >= 0.6 is 0 Å². The van der Waals surface area contributed by atoms with Crippen molar-refractivity contribution in [1.29, 1.82) is 0 Å². The minimum absolute atomic E-state index is 0.208. The van der Waals surface area contributed by atoms with Crippen molar-refractivity contribution in [1.82, 2.24) is 15.3 Å². The Bertz CT molecular complexity index is 999. The van der Waals surface area contributed by atoms with Crippen LogP contribution in [-0.2, 0) is 11.3 Å². The molecule has 0 aromatic heterocycles. The number of carbonyl (C=O) groups is 2. The lowest BCUT2D eigenvalue weighted by molar-refractivity contribution is -0.133. The molecule has 2 saturated heterocycles. The Labute approximate surface area is 189 Å². The lowest BCUT2D eigenvalue weighted by Crippen LogP contribution is -2.45. The van der Waals surface area contributed by atoms with Crippen molar-refractivity contribution in [3.05, 3.63) is 70.8 Å². The normalized spacial score (nSPS) is 18.7. The summed E-state index contributed by atoms with van der Waals surface area (Å²) >= 11 is 0. The molecule has 2 heterocycles. The van der Waals surface area contributed by atoms with Crippen LogP contribution in [0.5, 0.6) is 0 Å². The minimum Gasteiger partial charge on any atom is -0.327 e. The van der Waals surface area contributed by atoms with Crippen LogP contribution in [0, 0.1) is 11.8 Å². The number of hydrogen-bond acceptors (Lipinski definition) is 4. The van der Waals surface area contributed by atoms with Gasteiger partial charge in [-0.05, 0) is 80.7 Å². The smallest absolute Gasteiger partial charge is 0.266 e. The van der Waals surface area contributed by atoms with Gasteiger partial charge in [0.2, 0.25) is 0 Å². The molecular formula is C26H29N3O3. The second-order valence-corrected chi connectivity index (χ2v) is 8.49. The Morgan fingerprint density at radius 2 is 1.50 bits per heavy atom. The van der Waals surface area contributed by atoms with Crippen molar-refractivity contribution in [3.8, 4) is 11.8 Å². The highest BCUT2D eigenvalue weighted by atomic mass is 16.5. The number of carbonyl (C=O) groups excluding carboxylic acids is 2. The van der Waals surface area contributed by atoms with Crippen molar-refractivity contribution in [2.45, 2.75) is 44.7 Å². The molecule has 4 rings (SSSR count). The molecule has 2 N–H and O–H groups in total. The number of hydroxylamine groups is 1. The Morgan fingerprint density at radius 3 is 2.12 bits per heavy atom. The topological polar surface area (TPSA) is 72.9 Å². The molecule has 2 fully saturated rings. The van der Waals surface area contributed by atoms with Gasteiger partial charge in [-0.15, -0.1) is 0 Å². The van der Waals surface area contributed by atoms with Gasteiger partial charge in [0.05, 0.1) is 0 Å². The van der Waals surface area contributed by atoms with Crippen molar-refractivity contribution in [2.24, 2.45) is 0 Å². The summed E-state index contributed by atoms with van der Waals surface area (Å²) in [6, 6.07) is 14.9. The molecule has 2 amide bonds. The second kappa shape index (κ2) is 10.4. The van der Waals surface area contributed by atoms with E-state index in [9.17, 15) is 9.59 Å². The van der Waals surface area contributed by atoms with Crippen LogP contribution in [0.1, 0.15) is 59.2 Å². The van der Waals surface area contributed by atoms with Gasteiger partial charge in [0, 0.05) is 29.8 Å². The zero-order valence-corrected chi connectivity index (χ0v) is 18.2. The van der Waals surface area contributed by atoms with Crippen molar-refractivity contribution in [2.75, 3.05) is 19.6 Å². The summed E-state index contributed by atoms with van der Waals surface area (Å²) in [7, 11) is 0. The molecule has 0 aliphatic carbocycles. The highest BCUT2D eigenvalue weighted by Crippen LogP contribution is 2.20. The molecule has 2 aliphatic rings. The second-order valence-electron chi connectivity index (χ2n) is 8.49. The number of benzene rings is 2. The highest BCUT2D eigenvalue weighted by molar-refractivity contribution is 5.97. The van der Waals surface area contributed by atoms with Gasteiger partial charge in [-0.3, -0.25) is 19.7 Å². The maximum absolute atomic E-state index is 12.8. The third kappa shape index (κ3) is 5.37. The Hall–Kier alpha value is -3.14. The molecular weight excluding hydrogens is 402 g/mol. The fraction of sp³-hybridized carbons (Fsp3) is 0.385. The molecule has 2 aliphatic heterocycles. The van der Waals surface area contributed by atoms with E-state index < -0.39 is 11.9 Å². The molecule has 0 unspecified atom stereocenters. The number of rotatable bonds is 4. The van der Waals surface area contributed by atoms with Crippen LogP contribution in [0.25, 0.3) is 0 Å². The predicted molar refractivity (Wildman–Crippen MR) is 122 cm³/mol. The molecule has 166 valence electrons. The first-order valence-electron chi connectivity index (χ1n) is 11.3. The number of piperidine rings is 1. The average molecular weight is 432 g/mol. The van der Waals surface area contributed by atoms with Gasteiger partial charge >= 0.3 is 0 Å². The molecule has 2 aromatic carbocycles. The zero-order chi connectivity index (χ0) is 22.3. The third-order valence-corrected chi connectivity index (χ3v) is 6.22. The van der Waals surface area contributed by atoms with Crippen LogP contribution in [0.3, 0.4) is 0 Å². The summed E-state index contributed by atoms with van der Waals surface area (Å²) in [5.74, 6) is 5.59. The summed E-state index contributed by atoms with van der Waals surface area (Å²) in [6.07, 6.45) is 5.23. The molecule has 32 heavy (non-hydrogen) atoms. The van der Waals surface area contributed by atoms with E-state index in [0.29, 0.717) is 18.5 Å². The summed E-state index contributed by atoms with van der Waals surface area (Å²) in [5, 5.41) is 8.89. The van der Waals surface area contributed by atoms with Gasteiger partial charge in [-0.2, -0.15) is 0 Å². The Morgan fingerprint density at radius 1 is 0.875 bits per heavy atom. The first kappa shape index (κ1) is 22.1. The van der Waals surface area contributed by atoms with Crippen molar-refractivity contribution >= 4 is 11.8 Å². The molecule has 6 nitrogen and oxygen atoms in total. The summed E-state index contributed by atoms with van der Waals surface area (Å²) < 4.78 is 0. The molecule has 0 saturated carbocycles. The zero-order valence-electron chi connectivity index (χ0n) is 18.2. The highest BCUT2D eigenvalue weighted by Gasteiger charge is 2.34. The van der Waals surface area contributed by atoms with Gasteiger partial charge in [-0.25, -0.2) is 5.48 Å². The molecule has 1 atom stereocenters. The fourth-order valence-electron chi connectivity index (χ4n) is 4.43. The Kier molecular flexibility index (Phi) is 7.21.